The Hall–Kier alpha value is -2.43. The van der Waals surface area contributed by atoms with E-state index < -0.39 is 29.0 Å². The average Bonchev–Trinajstić information content (AvgIpc) is 2.31. The first-order valence-corrected chi connectivity index (χ1v) is 5.73. The van der Waals surface area contributed by atoms with Crippen molar-refractivity contribution in [2.75, 3.05) is 6.54 Å². The third-order valence-electron chi connectivity index (χ3n) is 2.17. The van der Waals surface area contributed by atoms with Gasteiger partial charge in [0.1, 0.15) is 6.04 Å². The second-order valence-electron chi connectivity index (χ2n) is 3.97. The number of rotatable bonds is 8. The maximum Gasteiger partial charge on any atom is 0.326 e. The molecular weight excluding hydrogens is 272 g/mol. The number of nitrogens with zero attached hydrogens (tertiary/aromatic N) is 2. The molecule has 0 bridgehead atoms. The van der Waals surface area contributed by atoms with Gasteiger partial charge in [0, 0.05) is 6.54 Å². The zero-order chi connectivity index (χ0) is 15.7. The zero-order valence-electron chi connectivity index (χ0n) is 10.9. The van der Waals surface area contributed by atoms with Gasteiger partial charge in [-0.2, -0.15) is 0 Å². The van der Waals surface area contributed by atoms with E-state index >= 15 is 0 Å². The first kappa shape index (κ1) is 17.6. The molecule has 0 aliphatic rings. The summed E-state index contributed by atoms with van der Waals surface area (Å²) in [6, 6.07) is -1.90. The lowest BCUT2D eigenvalue weighted by atomic mass is 10.1. The van der Waals surface area contributed by atoms with Gasteiger partial charge in [-0.3, -0.25) is 4.79 Å². The molecule has 0 unspecified atom stereocenters. The van der Waals surface area contributed by atoms with Crippen molar-refractivity contribution >= 4 is 17.8 Å². The lowest BCUT2D eigenvalue weighted by Crippen LogP contribution is -2.47. The van der Waals surface area contributed by atoms with Crippen LogP contribution in [0.25, 0.3) is 0 Å². The Morgan fingerprint density at radius 2 is 2.10 bits per heavy atom. The minimum atomic E-state index is -1.20. The fourth-order valence-electron chi connectivity index (χ4n) is 1.18. The second-order valence-corrected chi connectivity index (χ2v) is 3.97. The Bertz CT molecular complexity index is 396. The highest BCUT2D eigenvalue weighted by Gasteiger charge is 2.20. The Balaban J connectivity index is 4.20. The maximum absolute atomic E-state index is 11.3. The van der Waals surface area contributed by atoms with Crippen LogP contribution in [0.15, 0.2) is 4.99 Å². The number of nitrogens with one attached hydrogen (secondary N) is 2. The summed E-state index contributed by atoms with van der Waals surface area (Å²) in [5.41, 5.74) is 12.1. The van der Waals surface area contributed by atoms with Crippen molar-refractivity contribution in [3.63, 3.8) is 0 Å². The molecule has 0 saturated heterocycles. The predicted molar refractivity (Wildman–Crippen MR) is 69.1 cm³/mol. The van der Waals surface area contributed by atoms with Crippen LogP contribution in [0.5, 0.6) is 0 Å². The van der Waals surface area contributed by atoms with Crippen molar-refractivity contribution in [1.82, 2.24) is 10.7 Å². The molecule has 0 aromatic heterocycles. The molecule has 7 N–H and O–H groups in total. The molecule has 114 valence electrons. The van der Waals surface area contributed by atoms with Gasteiger partial charge in [-0.1, -0.05) is 5.43 Å². The molecule has 0 aromatic rings. The van der Waals surface area contributed by atoms with Gasteiger partial charge in [0.2, 0.25) is 5.91 Å². The Morgan fingerprint density at radius 1 is 1.50 bits per heavy atom. The quantitative estimate of drug-likeness (QED) is 0.109. The van der Waals surface area contributed by atoms with Crippen molar-refractivity contribution in [2.24, 2.45) is 16.5 Å². The van der Waals surface area contributed by atoms with Crippen molar-refractivity contribution < 1.29 is 19.7 Å². The smallest absolute Gasteiger partial charge is 0.326 e. The lowest BCUT2D eigenvalue weighted by molar-refractivity contribution is -0.525. The van der Waals surface area contributed by atoms with Gasteiger partial charge in [0.25, 0.3) is 5.96 Å². The molecule has 0 aliphatic carbocycles. The molecule has 0 spiro atoms. The molecule has 0 rings (SSSR count). The maximum atomic E-state index is 11.3. The number of hydrogen-bond donors (Lipinski definition) is 5. The van der Waals surface area contributed by atoms with E-state index in [2.05, 4.69) is 10.3 Å². The number of carboxylic acid groups (broad SMARTS) is 1. The van der Waals surface area contributed by atoms with Crippen LogP contribution in [0.4, 0.5) is 0 Å². The van der Waals surface area contributed by atoms with Crippen LogP contribution in [0.1, 0.15) is 19.8 Å². The van der Waals surface area contributed by atoms with E-state index in [4.69, 9.17) is 16.6 Å². The second kappa shape index (κ2) is 8.63. The number of hydrogen-bond acceptors (Lipinski definition) is 6. The fraction of sp³-hybridized carbons (Fsp3) is 0.667. The number of guanidine groups is 1. The highest BCUT2D eigenvalue weighted by atomic mass is 16.7. The average molecular weight is 290 g/mol. The number of nitro groups is 1. The van der Waals surface area contributed by atoms with Gasteiger partial charge in [0.15, 0.2) is 5.03 Å². The molecule has 0 aliphatic heterocycles. The highest BCUT2D eigenvalue weighted by molar-refractivity contribution is 5.86. The van der Waals surface area contributed by atoms with Gasteiger partial charge in [-0.15, -0.1) is 0 Å². The molecule has 0 saturated carbocycles. The summed E-state index contributed by atoms with van der Waals surface area (Å²) in [6.45, 7) is 1.52. The molecule has 2 atom stereocenters. The molecule has 1 amide bonds. The van der Waals surface area contributed by atoms with Crippen LogP contribution in [-0.4, -0.2) is 46.6 Å². The summed E-state index contributed by atoms with van der Waals surface area (Å²) >= 11 is 0. The SMILES string of the molecule is C[C@H](N)C(=O)N[C@@H](CCCN=C(N)N[N+](=O)[O-])C(=O)O. The Kier molecular flexibility index (Phi) is 7.58. The third kappa shape index (κ3) is 7.81. The lowest BCUT2D eigenvalue weighted by Gasteiger charge is -2.15. The summed E-state index contributed by atoms with van der Waals surface area (Å²) in [5.74, 6) is -2.14. The summed E-state index contributed by atoms with van der Waals surface area (Å²) in [4.78, 5) is 35.8. The van der Waals surface area contributed by atoms with E-state index in [1.54, 1.807) is 5.43 Å². The molecule has 0 fully saturated rings. The topological polar surface area (TPSA) is 186 Å². The van der Waals surface area contributed by atoms with Gasteiger partial charge in [-0.25, -0.2) is 19.9 Å². The van der Waals surface area contributed by atoms with Crippen LogP contribution < -0.4 is 22.2 Å². The van der Waals surface area contributed by atoms with Crippen LogP contribution in [-0.2, 0) is 9.59 Å². The van der Waals surface area contributed by atoms with E-state index in [1.165, 1.54) is 6.92 Å². The molecule has 0 radical (unpaired) electrons. The number of aliphatic carboxylic acids is 1. The Morgan fingerprint density at radius 3 is 2.55 bits per heavy atom. The third-order valence-corrected chi connectivity index (χ3v) is 2.17. The number of amides is 1. The van der Waals surface area contributed by atoms with Gasteiger partial charge in [-0.05, 0) is 19.8 Å². The van der Waals surface area contributed by atoms with Crippen LogP contribution in [0.2, 0.25) is 0 Å². The number of carboxylic acids is 1. The number of aliphatic imine (C=N–C) groups is 1. The van der Waals surface area contributed by atoms with Gasteiger partial charge >= 0.3 is 5.97 Å². The van der Waals surface area contributed by atoms with Crippen molar-refractivity contribution in [3.8, 4) is 0 Å². The number of carbonyl (C=O) groups is 2. The summed E-state index contributed by atoms with van der Waals surface area (Å²) in [7, 11) is 0. The number of nitrogens with two attached hydrogens (primary N) is 2. The molecule has 0 heterocycles. The normalized spacial score (nSPS) is 14.2. The van der Waals surface area contributed by atoms with E-state index in [0.717, 1.165) is 0 Å². The standard InChI is InChI=1S/C9H18N6O5/c1-5(10)7(16)13-6(8(17)18)3-2-4-12-9(11)14-15(19)20/h5-6H,2-4,10H2,1H3,(H,13,16)(H,17,18)(H3,11,12,14)/t5-,6-/m0/s1. The molecular formula is C9H18N6O5. The van der Waals surface area contributed by atoms with Crippen molar-refractivity contribution in [3.05, 3.63) is 10.1 Å². The monoisotopic (exact) mass is 290 g/mol. The summed E-state index contributed by atoms with van der Waals surface area (Å²) < 4.78 is 0. The fourth-order valence-corrected chi connectivity index (χ4v) is 1.18. The summed E-state index contributed by atoms with van der Waals surface area (Å²) in [5, 5.41) is 20.3. The minimum Gasteiger partial charge on any atom is -0.480 e. The molecule has 11 nitrogen and oxygen atoms in total. The zero-order valence-corrected chi connectivity index (χ0v) is 10.9. The number of hydrazine groups is 1. The number of carbonyl (C=O) groups excluding carboxylic acids is 1. The first-order valence-electron chi connectivity index (χ1n) is 5.73. The predicted octanol–water partition coefficient (Wildman–Crippen LogP) is -2.22. The van der Waals surface area contributed by atoms with Gasteiger partial charge in [0.05, 0.1) is 6.04 Å². The van der Waals surface area contributed by atoms with E-state index in [1.807, 2.05) is 0 Å². The molecule has 0 aromatic carbocycles. The first-order chi connectivity index (χ1) is 9.23. The van der Waals surface area contributed by atoms with Crippen LogP contribution >= 0.6 is 0 Å². The largest absolute Gasteiger partial charge is 0.480 e. The Labute approximate surface area is 114 Å². The van der Waals surface area contributed by atoms with E-state index in [0.29, 0.717) is 0 Å². The van der Waals surface area contributed by atoms with Gasteiger partial charge < -0.3 is 21.9 Å². The molecule has 20 heavy (non-hydrogen) atoms. The van der Waals surface area contributed by atoms with Crippen molar-refractivity contribution in [2.45, 2.75) is 31.8 Å². The van der Waals surface area contributed by atoms with Crippen LogP contribution in [0, 0.1) is 10.1 Å². The summed E-state index contributed by atoms with van der Waals surface area (Å²) in [6.07, 6.45) is 0.374. The highest BCUT2D eigenvalue weighted by Crippen LogP contribution is 1.99. The van der Waals surface area contributed by atoms with E-state index in [9.17, 15) is 19.7 Å². The molecule has 11 heteroatoms. The van der Waals surface area contributed by atoms with E-state index in [-0.39, 0.29) is 25.3 Å². The minimum absolute atomic E-state index is 0.0878. The van der Waals surface area contributed by atoms with Crippen LogP contribution in [0.3, 0.4) is 0 Å². The van der Waals surface area contributed by atoms with Crippen molar-refractivity contribution in [1.29, 1.82) is 0 Å².